The minimum atomic E-state index is -3.43. The molecule has 26 heavy (non-hydrogen) atoms. The average molecular weight is 379 g/mol. The summed E-state index contributed by atoms with van der Waals surface area (Å²) in [6.45, 7) is 15.2. The first-order chi connectivity index (χ1) is 12.2. The largest absolute Gasteiger partial charge is 0.303 e. The number of aryl methyl sites for hydroxylation is 2. The van der Waals surface area contributed by atoms with Gasteiger partial charge in [0, 0.05) is 26.2 Å². The van der Waals surface area contributed by atoms with Gasteiger partial charge in [-0.1, -0.05) is 39.3 Å². The molecule has 0 N–H and O–H groups in total. The fourth-order valence-electron chi connectivity index (χ4n) is 4.54. The predicted octanol–water partition coefficient (Wildman–Crippen LogP) is 3.68. The van der Waals surface area contributed by atoms with Crippen LogP contribution in [-0.4, -0.2) is 50.3 Å². The summed E-state index contributed by atoms with van der Waals surface area (Å²) in [5.74, 6) is 0.790. The Morgan fingerprint density at radius 3 is 2.27 bits per heavy atom. The molecule has 3 rings (SSSR count). The van der Waals surface area contributed by atoms with E-state index in [0.717, 1.165) is 30.8 Å². The lowest BCUT2D eigenvalue weighted by Crippen LogP contribution is -2.62. The van der Waals surface area contributed by atoms with Crippen molar-refractivity contribution in [1.82, 2.24) is 9.21 Å². The molecule has 2 aliphatic rings. The summed E-state index contributed by atoms with van der Waals surface area (Å²) in [6, 6.07) is 5.73. The number of hydrogen-bond donors (Lipinski definition) is 0. The van der Waals surface area contributed by atoms with Gasteiger partial charge >= 0.3 is 0 Å². The van der Waals surface area contributed by atoms with Crippen molar-refractivity contribution in [2.45, 2.75) is 52.4 Å². The summed E-state index contributed by atoms with van der Waals surface area (Å²) in [5.41, 5.74) is 2.05. The summed E-state index contributed by atoms with van der Waals surface area (Å²) in [5, 5.41) is 0. The highest BCUT2D eigenvalue weighted by atomic mass is 32.2. The summed E-state index contributed by atoms with van der Waals surface area (Å²) >= 11 is 0. The van der Waals surface area contributed by atoms with Crippen molar-refractivity contribution in [3.05, 3.63) is 29.3 Å². The third kappa shape index (κ3) is 3.58. The van der Waals surface area contributed by atoms with Crippen LogP contribution in [0.25, 0.3) is 0 Å². The molecule has 2 bridgehead atoms. The van der Waals surface area contributed by atoms with Crippen LogP contribution in [0.3, 0.4) is 0 Å². The van der Waals surface area contributed by atoms with Crippen molar-refractivity contribution in [2.24, 2.45) is 17.3 Å². The Labute approximate surface area is 159 Å². The monoisotopic (exact) mass is 378 g/mol. The molecule has 0 saturated carbocycles. The van der Waals surface area contributed by atoms with Gasteiger partial charge in [-0.15, -0.1) is 0 Å². The maximum atomic E-state index is 13.4. The Hall–Kier alpha value is -0.910. The molecule has 0 aromatic heterocycles. The fraction of sp³-hybridized carbons (Fsp3) is 0.714. The SMILES string of the molecule is CCCCN1CC2CN(S(=O)(=O)c3cc(C)ccc3C)CC(C1)C2(C)C. The van der Waals surface area contributed by atoms with Crippen LogP contribution in [0.5, 0.6) is 0 Å². The third-order valence-electron chi connectivity index (χ3n) is 6.70. The number of rotatable bonds is 5. The molecule has 2 atom stereocenters. The zero-order valence-corrected chi connectivity index (χ0v) is 17.8. The molecular weight excluding hydrogens is 344 g/mol. The Bertz CT molecular complexity index is 739. The Balaban J connectivity index is 1.85. The molecule has 1 aromatic carbocycles. The lowest BCUT2D eigenvalue weighted by atomic mass is 9.64. The molecule has 0 radical (unpaired) electrons. The van der Waals surface area contributed by atoms with Crippen molar-refractivity contribution in [1.29, 1.82) is 0 Å². The zero-order chi connectivity index (χ0) is 19.1. The normalized spacial score (nSPS) is 26.8. The van der Waals surface area contributed by atoms with Crippen molar-refractivity contribution in [3.63, 3.8) is 0 Å². The number of likely N-dealkylation sites (tertiary alicyclic amines) is 1. The second-order valence-electron chi connectivity index (χ2n) is 8.92. The molecule has 4 nitrogen and oxygen atoms in total. The van der Waals surface area contributed by atoms with Gasteiger partial charge in [-0.05, 0) is 61.3 Å². The van der Waals surface area contributed by atoms with E-state index in [1.807, 2.05) is 32.0 Å². The van der Waals surface area contributed by atoms with Crippen LogP contribution in [0.2, 0.25) is 0 Å². The molecule has 0 aliphatic carbocycles. The molecule has 2 saturated heterocycles. The van der Waals surface area contributed by atoms with Gasteiger partial charge in [0.1, 0.15) is 0 Å². The second-order valence-corrected chi connectivity index (χ2v) is 10.8. The molecule has 2 fully saturated rings. The van der Waals surface area contributed by atoms with E-state index in [1.165, 1.54) is 12.8 Å². The van der Waals surface area contributed by atoms with E-state index in [9.17, 15) is 8.42 Å². The highest BCUT2D eigenvalue weighted by Gasteiger charge is 2.49. The molecule has 2 aliphatic heterocycles. The van der Waals surface area contributed by atoms with E-state index >= 15 is 0 Å². The van der Waals surface area contributed by atoms with Crippen LogP contribution >= 0.6 is 0 Å². The first-order valence-corrected chi connectivity index (χ1v) is 11.4. The lowest BCUT2D eigenvalue weighted by Gasteiger charge is -2.55. The number of fused-ring (bicyclic) bond motifs is 2. The highest BCUT2D eigenvalue weighted by molar-refractivity contribution is 7.89. The third-order valence-corrected chi connectivity index (χ3v) is 8.67. The van der Waals surface area contributed by atoms with Crippen LogP contribution in [0.15, 0.2) is 23.1 Å². The van der Waals surface area contributed by atoms with Gasteiger partial charge in [-0.25, -0.2) is 8.42 Å². The van der Waals surface area contributed by atoms with Gasteiger partial charge in [-0.2, -0.15) is 4.31 Å². The molecular formula is C21H34N2O2S. The first-order valence-electron chi connectivity index (χ1n) is 9.96. The number of sulfonamides is 1. The van der Waals surface area contributed by atoms with Gasteiger partial charge in [0.2, 0.25) is 10.0 Å². The highest BCUT2D eigenvalue weighted by Crippen LogP contribution is 2.45. The Morgan fingerprint density at radius 1 is 1.08 bits per heavy atom. The van der Waals surface area contributed by atoms with Gasteiger partial charge in [-0.3, -0.25) is 0 Å². The Kier molecular flexibility index (Phi) is 5.53. The van der Waals surface area contributed by atoms with E-state index in [0.29, 0.717) is 29.8 Å². The van der Waals surface area contributed by atoms with E-state index in [-0.39, 0.29) is 5.41 Å². The van der Waals surface area contributed by atoms with Crippen LogP contribution in [0, 0.1) is 31.1 Å². The topological polar surface area (TPSA) is 40.6 Å². The number of piperidine rings is 2. The molecule has 5 heteroatoms. The van der Waals surface area contributed by atoms with Crippen LogP contribution in [0.1, 0.15) is 44.7 Å². The van der Waals surface area contributed by atoms with Crippen molar-refractivity contribution >= 4 is 10.0 Å². The van der Waals surface area contributed by atoms with Crippen LogP contribution in [0.4, 0.5) is 0 Å². The summed E-state index contributed by atoms with van der Waals surface area (Å²) < 4.78 is 28.5. The summed E-state index contributed by atoms with van der Waals surface area (Å²) in [6.07, 6.45) is 2.44. The van der Waals surface area contributed by atoms with Crippen molar-refractivity contribution < 1.29 is 8.42 Å². The molecule has 0 amide bonds. The average Bonchev–Trinajstić information content (AvgIpc) is 2.54. The van der Waals surface area contributed by atoms with E-state index in [2.05, 4.69) is 25.7 Å². The van der Waals surface area contributed by atoms with Gasteiger partial charge in [0.25, 0.3) is 0 Å². The van der Waals surface area contributed by atoms with E-state index in [4.69, 9.17) is 0 Å². The van der Waals surface area contributed by atoms with E-state index in [1.54, 1.807) is 4.31 Å². The maximum absolute atomic E-state index is 13.4. The van der Waals surface area contributed by atoms with Crippen molar-refractivity contribution in [2.75, 3.05) is 32.7 Å². The molecule has 146 valence electrons. The minimum absolute atomic E-state index is 0.205. The standard InChI is InChI=1S/C21H34N2O2S/c1-6-7-10-22-12-18-14-23(15-19(13-22)21(18,4)5)26(24,25)20-11-16(2)8-9-17(20)3/h8-9,11,18-19H,6-7,10,12-15H2,1-5H3. The molecule has 2 heterocycles. The number of benzene rings is 1. The maximum Gasteiger partial charge on any atom is 0.243 e. The summed E-state index contributed by atoms with van der Waals surface area (Å²) in [7, 11) is -3.43. The van der Waals surface area contributed by atoms with E-state index < -0.39 is 10.0 Å². The minimum Gasteiger partial charge on any atom is -0.303 e. The Morgan fingerprint density at radius 2 is 1.69 bits per heavy atom. The molecule has 2 unspecified atom stereocenters. The number of nitrogens with zero attached hydrogens (tertiary/aromatic N) is 2. The first kappa shape index (κ1) is 19.8. The number of unbranched alkanes of at least 4 members (excludes halogenated alkanes) is 1. The quantitative estimate of drug-likeness (QED) is 0.785. The van der Waals surface area contributed by atoms with Gasteiger partial charge < -0.3 is 4.90 Å². The fourth-order valence-corrected chi connectivity index (χ4v) is 6.38. The molecule has 0 spiro atoms. The van der Waals surface area contributed by atoms with Crippen molar-refractivity contribution in [3.8, 4) is 0 Å². The number of hydrogen-bond acceptors (Lipinski definition) is 3. The molecule has 1 aromatic rings. The van der Waals surface area contributed by atoms with Gasteiger partial charge in [0.05, 0.1) is 4.90 Å². The second kappa shape index (κ2) is 7.25. The van der Waals surface area contributed by atoms with Crippen LogP contribution in [-0.2, 0) is 10.0 Å². The smallest absolute Gasteiger partial charge is 0.243 e. The van der Waals surface area contributed by atoms with Crippen LogP contribution < -0.4 is 0 Å². The van der Waals surface area contributed by atoms with Gasteiger partial charge in [0.15, 0.2) is 0 Å². The lowest BCUT2D eigenvalue weighted by molar-refractivity contribution is -0.0493. The summed E-state index contributed by atoms with van der Waals surface area (Å²) in [4.78, 5) is 3.05. The predicted molar refractivity (Wildman–Crippen MR) is 107 cm³/mol. The zero-order valence-electron chi connectivity index (χ0n) is 17.0.